The maximum atomic E-state index is 6.01. The summed E-state index contributed by atoms with van der Waals surface area (Å²) in [6.07, 6.45) is 1.58. The number of benzene rings is 1. The molecule has 0 saturated heterocycles. The maximum absolute atomic E-state index is 6.01. The van der Waals surface area contributed by atoms with Crippen molar-refractivity contribution in [3.63, 3.8) is 0 Å². The minimum atomic E-state index is -0.0441. The number of hydrogen-bond donors (Lipinski definition) is 1. The minimum absolute atomic E-state index is 0.0441. The Labute approximate surface area is 105 Å². The van der Waals surface area contributed by atoms with Gasteiger partial charge in [0.15, 0.2) is 5.22 Å². The lowest BCUT2D eigenvalue weighted by Crippen LogP contribution is -2.18. The Morgan fingerprint density at radius 3 is 2.59 bits per heavy atom. The van der Waals surface area contributed by atoms with E-state index in [-0.39, 0.29) is 6.04 Å². The number of para-hydroxylation sites is 1. The number of halogens is 1. The van der Waals surface area contributed by atoms with E-state index in [0.717, 1.165) is 16.9 Å². The zero-order valence-corrected chi connectivity index (χ0v) is 10.5. The van der Waals surface area contributed by atoms with E-state index in [4.69, 9.17) is 20.8 Å². The van der Waals surface area contributed by atoms with Gasteiger partial charge in [0.2, 0.25) is 0 Å². The first kappa shape index (κ1) is 12.0. The summed E-state index contributed by atoms with van der Waals surface area (Å²) in [6.45, 7) is 0. The highest BCUT2D eigenvalue weighted by molar-refractivity contribution is 6.29. The van der Waals surface area contributed by atoms with Crippen molar-refractivity contribution in [2.75, 3.05) is 14.2 Å². The van der Waals surface area contributed by atoms with Gasteiger partial charge < -0.3 is 14.5 Å². The van der Waals surface area contributed by atoms with Crippen LogP contribution in [0.4, 0.5) is 0 Å². The number of ether oxygens (including phenoxy) is 1. The zero-order valence-electron chi connectivity index (χ0n) is 9.74. The predicted molar refractivity (Wildman–Crippen MR) is 67.6 cm³/mol. The molecule has 17 heavy (non-hydrogen) atoms. The quantitative estimate of drug-likeness (QED) is 0.906. The third-order valence-electron chi connectivity index (χ3n) is 2.70. The summed E-state index contributed by atoms with van der Waals surface area (Å²) < 4.78 is 10.5. The van der Waals surface area contributed by atoms with Crippen molar-refractivity contribution in [1.82, 2.24) is 5.32 Å². The van der Waals surface area contributed by atoms with E-state index in [1.165, 1.54) is 0 Å². The maximum Gasteiger partial charge on any atom is 0.198 e. The molecule has 1 aromatic carbocycles. The average molecular weight is 252 g/mol. The van der Waals surface area contributed by atoms with Crippen LogP contribution in [0.3, 0.4) is 0 Å². The van der Waals surface area contributed by atoms with Gasteiger partial charge in [-0.05, 0) is 30.8 Å². The fourth-order valence-corrected chi connectivity index (χ4v) is 2.12. The smallest absolute Gasteiger partial charge is 0.198 e. The molecule has 0 fully saturated rings. The fourth-order valence-electron chi connectivity index (χ4n) is 1.89. The van der Waals surface area contributed by atoms with E-state index in [2.05, 4.69) is 5.32 Å². The van der Waals surface area contributed by atoms with Crippen LogP contribution in [0, 0.1) is 0 Å². The average Bonchev–Trinajstić information content (AvgIpc) is 2.78. The molecule has 0 saturated carbocycles. The third kappa shape index (κ3) is 2.30. The van der Waals surface area contributed by atoms with Gasteiger partial charge in [-0.25, -0.2) is 0 Å². The van der Waals surface area contributed by atoms with Crippen molar-refractivity contribution >= 4 is 11.6 Å². The number of rotatable bonds is 4. The molecule has 90 valence electrons. The monoisotopic (exact) mass is 251 g/mol. The Kier molecular flexibility index (Phi) is 3.71. The minimum Gasteiger partial charge on any atom is -0.496 e. The van der Waals surface area contributed by atoms with E-state index >= 15 is 0 Å². The second kappa shape index (κ2) is 5.25. The van der Waals surface area contributed by atoms with Gasteiger partial charge in [-0.1, -0.05) is 18.2 Å². The summed E-state index contributed by atoms with van der Waals surface area (Å²) in [5, 5.41) is 3.61. The van der Waals surface area contributed by atoms with Gasteiger partial charge in [0.05, 0.1) is 19.4 Å². The van der Waals surface area contributed by atoms with Gasteiger partial charge >= 0.3 is 0 Å². The highest BCUT2D eigenvalue weighted by atomic mass is 35.5. The van der Waals surface area contributed by atoms with Gasteiger partial charge in [0, 0.05) is 11.1 Å². The number of furan rings is 1. The van der Waals surface area contributed by atoms with Crippen LogP contribution in [-0.4, -0.2) is 14.2 Å². The molecule has 0 aliphatic carbocycles. The van der Waals surface area contributed by atoms with Gasteiger partial charge in [0.25, 0.3) is 0 Å². The zero-order chi connectivity index (χ0) is 12.3. The van der Waals surface area contributed by atoms with Crippen LogP contribution in [0.15, 0.2) is 41.0 Å². The molecule has 4 heteroatoms. The molecule has 0 aliphatic heterocycles. The molecule has 2 rings (SSSR count). The first-order valence-electron chi connectivity index (χ1n) is 5.31. The lowest BCUT2D eigenvalue weighted by molar-refractivity contribution is 0.405. The van der Waals surface area contributed by atoms with Crippen LogP contribution >= 0.6 is 11.6 Å². The van der Waals surface area contributed by atoms with Crippen LogP contribution in [0.5, 0.6) is 5.75 Å². The third-order valence-corrected chi connectivity index (χ3v) is 3.00. The first-order chi connectivity index (χ1) is 8.27. The predicted octanol–water partition coefficient (Wildman–Crippen LogP) is 3.25. The molecule has 1 atom stereocenters. The molecular formula is C13H14ClNO2. The van der Waals surface area contributed by atoms with E-state index in [1.54, 1.807) is 13.4 Å². The molecule has 1 N–H and O–H groups in total. The normalized spacial score (nSPS) is 12.4. The molecule has 0 spiro atoms. The highest BCUT2D eigenvalue weighted by Crippen LogP contribution is 2.33. The highest BCUT2D eigenvalue weighted by Gasteiger charge is 2.20. The molecule has 0 radical (unpaired) electrons. The fraction of sp³-hybridized carbons (Fsp3) is 0.231. The summed E-state index contributed by atoms with van der Waals surface area (Å²) in [4.78, 5) is 0. The van der Waals surface area contributed by atoms with Gasteiger partial charge in [-0.15, -0.1) is 0 Å². The molecule has 0 amide bonds. The SMILES string of the molecule is CNC(c1ccccc1OC)c1ccoc1Cl. The van der Waals surface area contributed by atoms with Crippen molar-refractivity contribution in [3.8, 4) is 5.75 Å². The van der Waals surface area contributed by atoms with Gasteiger partial charge in [0.1, 0.15) is 5.75 Å². The van der Waals surface area contributed by atoms with Crippen molar-refractivity contribution in [3.05, 3.63) is 52.9 Å². The Morgan fingerprint density at radius 1 is 1.24 bits per heavy atom. The topological polar surface area (TPSA) is 34.4 Å². The summed E-state index contributed by atoms with van der Waals surface area (Å²) in [7, 11) is 3.53. The Bertz CT molecular complexity index is 496. The van der Waals surface area contributed by atoms with Crippen molar-refractivity contribution in [2.45, 2.75) is 6.04 Å². The largest absolute Gasteiger partial charge is 0.496 e. The van der Waals surface area contributed by atoms with Crippen molar-refractivity contribution in [2.24, 2.45) is 0 Å². The molecular weight excluding hydrogens is 238 g/mol. The number of hydrogen-bond acceptors (Lipinski definition) is 3. The number of nitrogens with one attached hydrogen (secondary N) is 1. The van der Waals surface area contributed by atoms with E-state index in [9.17, 15) is 0 Å². The molecule has 2 aromatic rings. The van der Waals surface area contributed by atoms with Gasteiger partial charge in [-0.3, -0.25) is 0 Å². The van der Waals surface area contributed by atoms with E-state index < -0.39 is 0 Å². The van der Waals surface area contributed by atoms with E-state index in [1.807, 2.05) is 37.4 Å². The molecule has 3 nitrogen and oxygen atoms in total. The number of methoxy groups -OCH3 is 1. The van der Waals surface area contributed by atoms with Gasteiger partial charge in [-0.2, -0.15) is 0 Å². The Balaban J connectivity index is 2.46. The lowest BCUT2D eigenvalue weighted by atomic mass is 10.0. The van der Waals surface area contributed by atoms with Crippen LogP contribution in [0.25, 0.3) is 0 Å². The molecule has 1 aromatic heterocycles. The summed E-state index contributed by atoms with van der Waals surface area (Å²) >= 11 is 6.01. The van der Waals surface area contributed by atoms with Crippen LogP contribution in [0.2, 0.25) is 5.22 Å². The van der Waals surface area contributed by atoms with Crippen LogP contribution in [0.1, 0.15) is 17.2 Å². The second-order valence-corrected chi connectivity index (χ2v) is 3.96. The van der Waals surface area contributed by atoms with Crippen LogP contribution in [-0.2, 0) is 0 Å². The van der Waals surface area contributed by atoms with Crippen molar-refractivity contribution in [1.29, 1.82) is 0 Å². The summed E-state index contributed by atoms with van der Waals surface area (Å²) in [6, 6.07) is 9.65. The Hall–Kier alpha value is -1.45. The molecule has 1 heterocycles. The van der Waals surface area contributed by atoms with E-state index in [0.29, 0.717) is 5.22 Å². The Morgan fingerprint density at radius 2 is 2.00 bits per heavy atom. The summed E-state index contributed by atoms with van der Waals surface area (Å²) in [5.74, 6) is 0.823. The summed E-state index contributed by atoms with van der Waals surface area (Å²) in [5.41, 5.74) is 1.93. The molecule has 0 aliphatic rings. The van der Waals surface area contributed by atoms with Crippen molar-refractivity contribution < 1.29 is 9.15 Å². The molecule has 1 unspecified atom stereocenters. The first-order valence-corrected chi connectivity index (χ1v) is 5.68. The second-order valence-electron chi connectivity index (χ2n) is 3.61. The van der Waals surface area contributed by atoms with Crippen LogP contribution < -0.4 is 10.1 Å². The molecule has 0 bridgehead atoms. The standard InChI is InChI=1S/C13H14ClNO2/c1-15-12(10-7-8-17-13(10)14)9-5-3-4-6-11(9)16-2/h3-8,12,15H,1-2H3. The lowest BCUT2D eigenvalue weighted by Gasteiger charge is -2.18.